The minimum Gasteiger partial charge on any atom is -0.350 e. The average Bonchev–Trinajstić information content (AvgIpc) is 2.93. The number of benzene rings is 2. The zero-order chi connectivity index (χ0) is 28.4. The fourth-order valence-electron chi connectivity index (χ4n) is 5.00. The molecule has 2 amide bonds. The van der Waals surface area contributed by atoms with Crippen molar-refractivity contribution >= 4 is 33.6 Å². The van der Waals surface area contributed by atoms with Crippen LogP contribution in [-0.2, 0) is 29.2 Å². The van der Waals surface area contributed by atoms with Gasteiger partial charge < -0.3 is 4.74 Å². The van der Waals surface area contributed by atoms with E-state index in [1.165, 1.54) is 0 Å². The topological polar surface area (TPSA) is 114 Å². The van der Waals surface area contributed by atoms with Crippen LogP contribution in [0, 0.1) is 17.8 Å². The normalized spacial score (nSPS) is 19.4. The highest BCUT2D eigenvalue weighted by Crippen LogP contribution is 2.36. The minimum absolute atomic E-state index is 0.268. The number of sulfonamides is 1. The van der Waals surface area contributed by atoms with Gasteiger partial charge in [-0.25, -0.2) is 18.7 Å². The first-order valence-corrected chi connectivity index (χ1v) is 15.8. The second-order valence-corrected chi connectivity index (χ2v) is 12.3. The van der Waals surface area contributed by atoms with Gasteiger partial charge in [0.1, 0.15) is 0 Å². The van der Waals surface area contributed by atoms with Gasteiger partial charge in [-0.05, 0) is 49.3 Å². The van der Waals surface area contributed by atoms with Crippen LogP contribution in [0.15, 0.2) is 66.7 Å². The van der Waals surface area contributed by atoms with Crippen molar-refractivity contribution in [3.05, 3.63) is 72.3 Å². The van der Waals surface area contributed by atoms with Crippen LogP contribution in [0.1, 0.15) is 56.9 Å². The van der Waals surface area contributed by atoms with Crippen LogP contribution < -0.4 is 15.3 Å². The van der Waals surface area contributed by atoms with E-state index in [1.54, 1.807) is 30.3 Å². The van der Waals surface area contributed by atoms with Gasteiger partial charge in [0.2, 0.25) is 21.8 Å². The van der Waals surface area contributed by atoms with Crippen molar-refractivity contribution < 1.29 is 27.6 Å². The van der Waals surface area contributed by atoms with Gasteiger partial charge in [-0.1, -0.05) is 79.9 Å². The molecule has 2 aromatic carbocycles. The van der Waals surface area contributed by atoms with Crippen LogP contribution in [0.5, 0.6) is 0 Å². The number of para-hydroxylation sites is 1. The van der Waals surface area contributed by atoms with Crippen molar-refractivity contribution in [2.45, 2.75) is 57.7 Å². The average molecular weight is 570 g/mol. The third kappa shape index (κ3) is 8.64. The summed E-state index contributed by atoms with van der Waals surface area (Å²) in [4.78, 5) is 33.0. The highest BCUT2D eigenvalue weighted by molar-refractivity contribution is 7.92. The Morgan fingerprint density at radius 3 is 2.27 bits per heavy atom. The lowest BCUT2D eigenvalue weighted by molar-refractivity contribution is -0.203. The largest absolute Gasteiger partial charge is 0.350 e. The van der Waals surface area contributed by atoms with Gasteiger partial charge in [0.15, 0.2) is 6.29 Å². The molecule has 1 unspecified atom stereocenters. The monoisotopic (exact) mass is 569 g/mol. The molecule has 0 bridgehead atoms. The van der Waals surface area contributed by atoms with Gasteiger partial charge in [0.05, 0.1) is 23.8 Å². The molecule has 0 radical (unpaired) electrons. The minimum atomic E-state index is -3.84. The van der Waals surface area contributed by atoms with E-state index in [0.29, 0.717) is 25.1 Å². The number of carbonyl (C=O) groups is 2. The lowest BCUT2D eigenvalue weighted by atomic mass is 9.74. The zero-order valence-corrected chi connectivity index (χ0v) is 23.7. The molecule has 1 heterocycles. The summed E-state index contributed by atoms with van der Waals surface area (Å²) in [5.74, 6) is -2.24. The summed E-state index contributed by atoms with van der Waals surface area (Å²) in [6.07, 6.45) is 10.6. The molecule has 1 aliphatic carbocycles. The summed E-state index contributed by atoms with van der Waals surface area (Å²) in [7, 11) is -3.84. The molecule has 216 valence electrons. The lowest BCUT2D eigenvalue weighted by Crippen LogP contribution is -2.51. The first-order chi connectivity index (χ1) is 19.3. The zero-order valence-electron chi connectivity index (χ0n) is 22.9. The van der Waals surface area contributed by atoms with E-state index in [1.807, 2.05) is 42.5 Å². The summed E-state index contributed by atoms with van der Waals surface area (Å²) in [5.41, 5.74) is 6.45. The van der Waals surface area contributed by atoms with Crippen LogP contribution in [0.2, 0.25) is 0 Å². The summed E-state index contributed by atoms with van der Waals surface area (Å²) in [6, 6.07) is 18.1. The Labute approximate surface area is 236 Å². The van der Waals surface area contributed by atoms with E-state index in [-0.39, 0.29) is 12.3 Å². The molecule has 4 rings (SSSR count). The number of nitrogens with one attached hydrogen (secondary N) is 2. The molecular formula is C30H39N3O6S. The number of amides is 2. The molecule has 0 spiro atoms. The van der Waals surface area contributed by atoms with Crippen molar-refractivity contribution in [1.29, 1.82) is 0 Å². The van der Waals surface area contributed by atoms with Crippen molar-refractivity contribution in [3.8, 4) is 0 Å². The number of hydrogen-bond acceptors (Lipinski definition) is 6. The van der Waals surface area contributed by atoms with Crippen LogP contribution in [-0.4, -0.2) is 39.4 Å². The molecule has 9 nitrogen and oxygen atoms in total. The van der Waals surface area contributed by atoms with E-state index in [2.05, 4.69) is 10.9 Å². The Morgan fingerprint density at radius 1 is 0.975 bits per heavy atom. The molecule has 10 heteroatoms. The second kappa shape index (κ2) is 14.4. The van der Waals surface area contributed by atoms with Crippen LogP contribution in [0.4, 0.5) is 5.69 Å². The number of carbonyl (C=O) groups excluding carboxylic acids is 2. The van der Waals surface area contributed by atoms with Crippen molar-refractivity contribution in [2.75, 3.05) is 17.3 Å². The molecular weight excluding hydrogens is 530 g/mol. The van der Waals surface area contributed by atoms with E-state index < -0.39 is 40.0 Å². The summed E-state index contributed by atoms with van der Waals surface area (Å²) in [6.45, 7) is 0.567. The van der Waals surface area contributed by atoms with Gasteiger partial charge in [0, 0.05) is 13.0 Å². The summed E-state index contributed by atoms with van der Waals surface area (Å²) in [5, 5.41) is 0. The third-order valence-electron chi connectivity index (χ3n) is 7.43. The maximum atomic E-state index is 13.8. The predicted octanol–water partition coefficient (Wildman–Crippen LogP) is 4.58. The number of hydroxylamine groups is 1. The standard InChI is InChI=1S/C30H39N3O6S/c1-40(36,37)33(25-17-6-3-7-18-25)31-29(34)27(22-24-15-10-16-24)26(19-11-14-23-12-4-2-5-13-23)30(35)32-39-28-20-8-9-21-38-28/h2-7,11-14,17-18,24,26-28H,8-10,15-16,19-22H2,1H3,(H,31,34)(H,32,35)/b14-11+/t26-,27+,28?/m0/s1. The Balaban J connectivity index is 1.58. The number of allylic oxidation sites excluding steroid dienone is 1. The van der Waals surface area contributed by atoms with Crippen molar-refractivity contribution in [1.82, 2.24) is 10.9 Å². The van der Waals surface area contributed by atoms with E-state index in [4.69, 9.17) is 9.57 Å². The maximum absolute atomic E-state index is 13.8. The molecule has 2 aliphatic rings. The van der Waals surface area contributed by atoms with Crippen LogP contribution in [0.25, 0.3) is 6.08 Å². The quantitative estimate of drug-likeness (QED) is 0.341. The Hall–Kier alpha value is -3.21. The molecule has 40 heavy (non-hydrogen) atoms. The van der Waals surface area contributed by atoms with Gasteiger partial charge in [-0.15, -0.1) is 0 Å². The van der Waals surface area contributed by atoms with Crippen LogP contribution >= 0.6 is 0 Å². The van der Waals surface area contributed by atoms with Gasteiger partial charge in [-0.2, -0.15) is 4.41 Å². The highest BCUT2D eigenvalue weighted by Gasteiger charge is 2.38. The molecule has 2 aromatic rings. The Morgan fingerprint density at radius 2 is 1.68 bits per heavy atom. The smallest absolute Gasteiger partial charge is 0.249 e. The molecule has 1 saturated carbocycles. The van der Waals surface area contributed by atoms with Gasteiger partial charge in [-0.3, -0.25) is 15.0 Å². The number of anilines is 1. The van der Waals surface area contributed by atoms with Gasteiger partial charge in [0.25, 0.3) is 0 Å². The summed E-state index contributed by atoms with van der Waals surface area (Å²) >= 11 is 0. The molecule has 1 aliphatic heterocycles. The fourth-order valence-corrected chi connectivity index (χ4v) is 5.76. The summed E-state index contributed by atoms with van der Waals surface area (Å²) < 4.78 is 31.8. The molecule has 2 N–H and O–H groups in total. The van der Waals surface area contributed by atoms with Crippen LogP contribution in [0.3, 0.4) is 0 Å². The molecule has 1 saturated heterocycles. The Bertz CT molecular complexity index is 1230. The van der Waals surface area contributed by atoms with E-state index in [9.17, 15) is 18.0 Å². The number of hydrogen-bond donors (Lipinski definition) is 2. The van der Waals surface area contributed by atoms with Gasteiger partial charge >= 0.3 is 0 Å². The van der Waals surface area contributed by atoms with E-state index in [0.717, 1.165) is 48.3 Å². The molecule has 0 aromatic heterocycles. The fraction of sp³-hybridized carbons (Fsp3) is 0.467. The molecule has 2 fully saturated rings. The predicted molar refractivity (Wildman–Crippen MR) is 154 cm³/mol. The first kappa shape index (κ1) is 29.8. The van der Waals surface area contributed by atoms with E-state index >= 15 is 0 Å². The Kier molecular flexibility index (Phi) is 10.7. The third-order valence-corrected chi connectivity index (χ3v) is 8.40. The number of nitrogens with zero attached hydrogens (tertiary/aromatic N) is 1. The first-order valence-electron chi connectivity index (χ1n) is 14.0. The maximum Gasteiger partial charge on any atom is 0.249 e. The molecule has 3 atom stereocenters. The number of rotatable bonds is 13. The number of hydrazine groups is 1. The number of ether oxygens (including phenoxy) is 1. The van der Waals surface area contributed by atoms with Crippen molar-refractivity contribution in [3.63, 3.8) is 0 Å². The van der Waals surface area contributed by atoms with Crippen molar-refractivity contribution in [2.24, 2.45) is 17.8 Å². The lowest BCUT2D eigenvalue weighted by Gasteiger charge is -2.34. The second-order valence-electron chi connectivity index (χ2n) is 10.5. The highest BCUT2D eigenvalue weighted by atomic mass is 32.2. The SMILES string of the molecule is CS(=O)(=O)N(NC(=O)[C@H](CC1CCC1)[C@H](C/C=C/c1ccccc1)C(=O)NOC1CCCCO1)c1ccccc1.